The first-order chi connectivity index (χ1) is 9.59. The largest absolute Gasteiger partial charge is 0.458 e. The maximum atomic E-state index is 11.2. The van der Waals surface area contributed by atoms with Gasteiger partial charge in [-0.15, -0.1) is 0 Å². The Morgan fingerprint density at radius 3 is 2.62 bits per heavy atom. The molecule has 0 bridgehead atoms. The average Bonchev–Trinajstić information content (AvgIpc) is 2.30. The third-order valence-electron chi connectivity index (χ3n) is 4.12. The number of carbonyl (C=O) groups excluding carboxylic acids is 1. The maximum Gasteiger partial charge on any atom is 0.303 e. The van der Waals surface area contributed by atoms with Crippen LogP contribution in [-0.4, -0.2) is 34.0 Å². The van der Waals surface area contributed by atoms with Gasteiger partial charge in [-0.25, -0.2) is 0 Å². The normalized spacial score (nSPS) is 28.8. The number of rotatable bonds is 2. The lowest BCUT2D eigenvalue weighted by atomic mass is 9.79. The van der Waals surface area contributed by atoms with Crippen LogP contribution >= 0.6 is 0 Å². The third kappa shape index (κ3) is 6.02. The number of esters is 1. The van der Waals surface area contributed by atoms with Gasteiger partial charge in [0.15, 0.2) is 0 Å². The van der Waals surface area contributed by atoms with Crippen LogP contribution in [-0.2, 0) is 9.53 Å². The number of hydrogen-bond acceptors (Lipinski definition) is 4. The smallest absolute Gasteiger partial charge is 0.303 e. The van der Waals surface area contributed by atoms with E-state index < -0.39 is 11.7 Å². The van der Waals surface area contributed by atoms with Crippen molar-refractivity contribution in [2.45, 2.75) is 71.2 Å². The van der Waals surface area contributed by atoms with Crippen molar-refractivity contribution in [1.82, 2.24) is 0 Å². The Kier molecular flexibility index (Phi) is 6.17. The van der Waals surface area contributed by atoms with Gasteiger partial charge in [0, 0.05) is 13.3 Å². The van der Waals surface area contributed by atoms with Crippen molar-refractivity contribution in [3.8, 4) is 0 Å². The predicted molar refractivity (Wildman–Crippen MR) is 82.7 cm³/mol. The highest BCUT2D eigenvalue weighted by atomic mass is 16.5. The summed E-state index contributed by atoms with van der Waals surface area (Å²) in [6.07, 6.45) is 3.34. The minimum Gasteiger partial charge on any atom is -0.458 e. The van der Waals surface area contributed by atoms with Crippen molar-refractivity contribution < 1.29 is 19.7 Å². The molecule has 0 heterocycles. The number of aliphatic hydroxyl groups is 2. The van der Waals surface area contributed by atoms with E-state index in [4.69, 9.17) is 4.74 Å². The van der Waals surface area contributed by atoms with Gasteiger partial charge in [0.1, 0.15) is 6.10 Å². The molecule has 1 aliphatic rings. The fraction of sp³-hybridized carbons (Fsp3) is 0.706. The summed E-state index contributed by atoms with van der Waals surface area (Å²) in [6.45, 7) is 10.9. The van der Waals surface area contributed by atoms with E-state index in [0.29, 0.717) is 18.4 Å². The maximum absolute atomic E-state index is 11.2. The van der Waals surface area contributed by atoms with Gasteiger partial charge in [0.25, 0.3) is 0 Å². The molecule has 0 saturated carbocycles. The van der Waals surface area contributed by atoms with Gasteiger partial charge < -0.3 is 14.9 Å². The highest BCUT2D eigenvalue weighted by Gasteiger charge is 2.30. The zero-order valence-corrected chi connectivity index (χ0v) is 13.6. The van der Waals surface area contributed by atoms with Crippen LogP contribution in [0.2, 0.25) is 0 Å². The number of allylic oxidation sites excluding steroid dienone is 1. The van der Waals surface area contributed by atoms with E-state index in [-0.39, 0.29) is 18.0 Å². The molecule has 0 aromatic heterocycles. The second-order valence-corrected chi connectivity index (χ2v) is 6.66. The molecule has 0 amide bonds. The molecule has 0 saturated heterocycles. The lowest BCUT2D eigenvalue weighted by Gasteiger charge is -2.33. The van der Waals surface area contributed by atoms with E-state index in [9.17, 15) is 15.0 Å². The van der Waals surface area contributed by atoms with Gasteiger partial charge >= 0.3 is 5.97 Å². The molecule has 0 aromatic rings. The molecular formula is C17H28O4. The molecule has 3 atom stereocenters. The molecule has 21 heavy (non-hydrogen) atoms. The van der Waals surface area contributed by atoms with Gasteiger partial charge in [0.05, 0.1) is 11.7 Å². The Bertz CT molecular complexity index is 417. The Labute approximate surface area is 127 Å². The SMILES string of the molecule is C=C1C[C@@H](OC(C)=O)C=C(C)CC[C@@H](C(C)(C)O)C[C@@H]1O. The highest BCUT2D eigenvalue weighted by Crippen LogP contribution is 2.31. The molecule has 0 spiro atoms. The number of ether oxygens (including phenoxy) is 1. The van der Waals surface area contributed by atoms with Crippen LogP contribution in [0.4, 0.5) is 0 Å². The Balaban J connectivity index is 2.95. The monoisotopic (exact) mass is 296 g/mol. The summed E-state index contributed by atoms with van der Waals surface area (Å²) in [6, 6.07) is 0. The fourth-order valence-corrected chi connectivity index (χ4v) is 2.74. The van der Waals surface area contributed by atoms with E-state index in [1.807, 2.05) is 13.0 Å². The van der Waals surface area contributed by atoms with Crippen molar-refractivity contribution >= 4 is 5.97 Å². The Hall–Kier alpha value is -1.13. The van der Waals surface area contributed by atoms with Crippen LogP contribution in [0.25, 0.3) is 0 Å². The van der Waals surface area contributed by atoms with Crippen molar-refractivity contribution in [3.63, 3.8) is 0 Å². The molecule has 120 valence electrons. The molecule has 0 unspecified atom stereocenters. The fourth-order valence-electron chi connectivity index (χ4n) is 2.74. The van der Waals surface area contributed by atoms with Crippen molar-refractivity contribution in [3.05, 3.63) is 23.8 Å². The van der Waals surface area contributed by atoms with E-state index in [1.165, 1.54) is 6.92 Å². The van der Waals surface area contributed by atoms with E-state index in [0.717, 1.165) is 18.4 Å². The minimum absolute atomic E-state index is 0.00197. The first-order valence-electron chi connectivity index (χ1n) is 7.52. The molecule has 1 aliphatic carbocycles. The predicted octanol–water partition coefficient (Wildman–Crippen LogP) is 2.74. The minimum atomic E-state index is -0.837. The molecule has 4 nitrogen and oxygen atoms in total. The lowest BCUT2D eigenvalue weighted by molar-refractivity contribution is -0.144. The molecule has 1 rings (SSSR count). The van der Waals surface area contributed by atoms with Crippen LogP contribution in [0, 0.1) is 5.92 Å². The molecule has 0 aliphatic heterocycles. The van der Waals surface area contributed by atoms with Gasteiger partial charge in [-0.2, -0.15) is 0 Å². The third-order valence-corrected chi connectivity index (χ3v) is 4.12. The van der Waals surface area contributed by atoms with Crippen molar-refractivity contribution in [2.24, 2.45) is 5.92 Å². The van der Waals surface area contributed by atoms with Crippen LogP contribution in [0.3, 0.4) is 0 Å². The van der Waals surface area contributed by atoms with Crippen molar-refractivity contribution in [1.29, 1.82) is 0 Å². The molecule has 0 fully saturated rings. The van der Waals surface area contributed by atoms with Crippen molar-refractivity contribution in [2.75, 3.05) is 0 Å². The second kappa shape index (κ2) is 7.23. The Morgan fingerprint density at radius 1 is 1.48 bits per heavy atom. The van der Waals surface area contributed by atoms with Gasteiger partial charge in [0.2, 0.25) is 0 Å². The van der Waals surface area contributed by atoms with E-state index >= 15 is 0 Å². The zero-order valence-electron chi connectivity index (χ0n) is 13.6. The summed E-state index contributed by atoms with van der Waals surface area (Å²) in [5.74, 6) is -0.337. The number of hydrogen-bond donors (Lipinski definition) is 2. The standard InChI is InChI=1S/C17H28O4/c1-11-6-7-14(17(4,5)20)10-16(19)12(2)9-15(8-11)21-13(3)18/h8,14-16,19-20H,2,6-7,9-10H2,1,3-5H3/t14-,15+,16+/m1/s1. The van der Waals surface area contributed by atoms with E-state index in [1.54, 1.807) is 13.8 Å². The highest BCUT2D eigenvalue weighted by molar-refractivity contribution is 5.66. The average molecular weight is 296 g/mol. The van der Waals surface area contributed by atoms with Crippen LogP contribution in [0.15, 0.2) is 23.8 Å². The first-order valence-corrected chi connectivity index (χ1v) is 7.52. The summed E-state index contributed by atoms with van der Waals surface area (Å²) >= 11 is 0. The van der Waals surface area contributed by atoms with Gasteiger partial charge in [-0.05, 0) is 57.6 Å². The summed E-state index contributed by atoms with van der Waals surface area (Å²) in [5, 5.41) is 20.5. The summed E-state index contributed by atoms with van der Waals surface area (Å²) < 4.78 is 5.27. The quantitative estimate of drug-likeness (QED) is 0.607. The van der Waals surface area contributed by atoms with Crippen LogP contribution in [0.5, 0.6) is 0 Å². The zero-order chi connectivity index (χ0) is 16.2. The van der Waals surface area contributed by atoms with Gasteiger partial charge in [-0.1, -0.05) is 12.2 Å². The number of carbonyl (C=O) groups is 1. The Morgan fingerprint density at radius 2 is 2.10 bits per heavy atom. The summed E-state index contributed by atoms with van der Waals surface area (Å²) in [7, 11) is 0. The molecular weight excluding hydrogens is 268 g/mol. The second-order valence-electron chi connectivity index (χ2n) is 6.66. The first kappa shape index (κ1) is 17.9. The lowest BCUT2D eigenvalue weighted by Crippen LogP contribution is -2.35. The van der Waals surface area contributed by atoms with E-state index in [2.05, 4.69) is 6.58 Å². The molecule has 4 heteroatoms. The molecule has 0 aromatic carbocycles. The topological polar surface area (TPSA) is 66.8 Å². The van der Waals surface area contributed by atoms with Crippen LogP contribution in [0.1, 0.15) is 53.4 Å². The molecule has 2 N–H and O–H groups in total. The van der Waals surface area contributed by atoms with Gasteiger partial charge in [-0.3, -0.25) is 4.79 Å². The summed E-state index contributed by atoms with van der Waals surface area (Å²) in [5.41, 5.74) is 0.928. The number of aliphatic hydroxyl groups excluding tert-OH is 1. The molecule has 0 radical (unpaired) electrons. The van der Waals surface area contributed by atoms with Crippen LogP contribution < -0.4 is 0 Å². The summed E-state index contributed by atoms with van der Waals surface area (Å²) in [4.78, 5) is 11.2.